The molecule has 0 amide bonds. The minimum absolute atomic E-state index is 0.0968. The maximum atomic E-state index is 5.85. The van der Waals surface area contributed by atoms with Gasteiger partial charge in [0.15, 0.2) is 11.5 Å². The highest BCUT2D eigenvalue weighted by Gasteiger charge is 2.20. The predicted molar refractivity (Wildman–Crippen MR) is 100 cm³/mol. The summed E-state index contributed by atoms with van der Waals surface area (Å²) in [5, 5.41) is 21.0. The van der Waals surface area contributed by atoms with Crippen LogP contribution in [0.4, 0.5) is 0 Å². The molecule has 138 valence electrons. The summed E-state index contributed by atoms with van der Waals surface area (Å²) in [5.74, 6) is 1.48. The molecule has 3 heterocycles. The molecule has 0 aliphatic carbocycles. The second-order valence-corrected chi connectivity index (χ2v) is 7.52. The van der Waals surface area contributed by atoms with Gasteiger partial charge in [0.2, 0.25) is 5.89 Å². The van der Waals surface area contributed by atoms with E-state index in [1.807, 2.05) is 38.4 Å². The molecule has 0 aliphatic heterocycles. The Morgan fingerprint density at radius 3 is 2.26 bits per heavy atom. The van der Waals surface area contributed by atoms with Crippen LogP contribution in [0.25, 0.3) is 28.9 Å². The summed E-state index contributed by atoms with van der Waals surface area (Å²) in [6.45, 7) is 8.44. The Labute approximate surface area is 156 Å². The van der Waals surface area contributed by atoms with Crippen LogP contribution in [0.1, 0.15) is 32.0 Å². The summed E-state index contributed by atoms with van der Waals surface area (Å²) in [7, 11) is 1.85. The van der Waals surface area contributed by atoms with Crippen LogP contribution in [-0.4, -0.2) is 35.0 Å². The third-order valence-corrected chi connectivity index (χ3v) is 4.44. The van der Waals surface area contributed by atoms with Gasteiger partial charge in [-0.3, -0.25) is 4.68 Å². The van der Waals surface area contributed by atoms with Gasteiger partial charge in [0.1, 0.15) is 0 Å². The van der Waals surface area contributed by atoms with Crippen LogP contribution in [0.3, 0.4) is 0 Å². The van der Waals surface area contributed by atoms with Crippen molar-refractivity contribution in [3.8, 4) is 28.9 Å². The molecule has 4 rings (SSSR count). The molecule has 0 radical (unpaired) electrons. The molecule has 0 N–H and O–H groups in total. The number of aryl methyl sites for hydroxylation is 1. The standard InChI is InChI=1S/C19H21N7O/c1-12-16(20-24-26(12)15-10-11-25(5)23-15)18-22-21-17(27-18)13-6-8-14(9-7-13)19(2,3)4/h6-11H,1-5H3. The topological polar surface area (TPSA) is 87.5 Å². The van der Waals surface area contributed by atoms with E-state index >= 15 is 0 Å². The Hall–Kier alpha value is -3.29. The zero-order valence-electron chi connectivity index (χ0n) is 16.0. The largest absolute Gasteiger partial charge is 0.414 e. The van der Waals surface area contributed by atoms with E-state index in [0.717, 1.165) is 11.3 Å². The van der Waals surface area contributed by atoms with Gasteiger partial charge >= 0.3 is 0 Å². The molecule has 4 aromatic rings. The quantitative estimate of drug-likeness (QED) is 0.555. The fourth-order valence-corrected chi connectivity index (χ4v) is 2.81. The van der Waals surface area contributed by atoms with Gasteiger partial charge in [0.25, 0.3) is 5.89 Å². The summed E-state index contributed by atoms with van der Waals surface area (Å²) < 4.78 is 9.21. The van der Waals surface area contributed by atoms with E-state index < -0.39 is 0 Å². The molecule has 1 aromatic carbocycles. The highest BCUT2D eigenvalue weighted by atomic mass is 16.4. The average molecular weight is 363 g/mol. The van der Waals surface area contributed by atoms with E-state index in [0.29, 0.717) is 23.3 Å². The predicted octanol–water partition coefficient (Wildman–Crippen LogP) is 3.32. The zero-order chi connectivity index (χ0) is 19.2. The van der Waals surface area contributed by atoms with Crippen molar-refractivity contribution in [2.45, 2.75) is 33.1 Å². The molecule has 0 spiro atoms. The van der Waals surface area contributed by atoms with Crippen LogP contribution in [0, 0.1) is 6.92 Å². The van der Waals surface area contributed by atoms with Gasteiger partial charge in [0.05, 0.1) is 5.69 Å². The van der Waals surface area contributed by atoms with Crippen molar-refractivity contribution in [2.75, 3.05) is 0 Å². The lowest BCUT2D eigenvalue weighted by molar-refractivity contribution is 0.579. The van der Waals surface area contributed by atoms with Crippen LogP contribution in [0.15, 0.2) is 40.9 Å². The Bertz CT molecular complexity index is 1080. The summed E-state index contributed by atoms with van der Waals surface area (Å²) in [5.41, 5.74) is 3.55. The lowest BCUT2D eigenvalue weighted by atomic mass is 9.87. The molecular weight excluding hydrogens is 342 g/mol. The Kier molecular flexibility index (Phi) is 3.91. The van der Waals surface area contributed by atoms with E-state index in [9.17, 15) is 0 Å². The Morgan fingerprint density at radius 1 is 0.926 bits per heavy atom. The summed E-state index contributed by atoms with van der Waals surface area (Å²) in [4.78, 5) is 0. The number of hydrogen-bond acceptors (Lipinski definition) is 6. The highest BCUT2D eigenvalue weighted by molar-refractivity contribution is 5.57. The monoisotopic (exact) mass is 363 g/mol. The normalized spacial score (nSPS) is 11.9. The van der Waals surface area contributed by atoms with Crippen LogP contribution < -0.4 is 0 Å². The average Bonchev–Trinajstić information content (AvgIpc) is 3.34. The van der Waals surface area contributed by atoms with Crippen molar-refractivity contribution >= 4 is 0 Å². The van der Waals surface area contributed by atoms with Crippen molar-refractivity contribution in [3.05, 3.63) is 47.8 Å². The van der Waals surface area contributed by atoms with Crippen LogP contribution in [0.5, 0.6) is 0 Å². The van der Waals surface area contributed by atoms with Crippen molar-refractivity contribution in [2.24, 2.45) is 7.05 Å². The van der Waals surface area contributed by atoms with Crippen molar-refractivity contribution in [1.82, 2.24) is 35.0 Å². The molecule has 8 nitrogen and oxygen atoms in total. The second kappa shape index (κ2) is 6.15. The van der Waals surface area contributed by atoms with Crippen molar-refractivity contribution < 1.29 is 4.42 Å². The van der Waals surface area contributed by atoms with E-state index in [-0.39, 0.29) is 5.41 Å². The van der Waals surface area contributed by atoms with E-state index in [4.69, 9.17) is 4.42 Å². The van der Waals surface area contributed by atoms with Gasteiger partial charge in [0, 0.05) is 24.9 Å². The molecule has 3 aromatic heterocycles. The minimum Gasteiger partial charge on any atom is -0.414 e. The van der Waals surface area contributed by atoms with Gasteiger partial charge in [-0.05, 0) is 30.0 Å². The molecule has 0 fully saturated rings. The second-order valence-electron chi connectivity index (χ2n) is 7.52. The first-order valence-corrected chi connectivity index (χ1v) is 8.70. The third kappa shape index (κ3) is 3.14. The molecule has 0 atom stereocenters. The van der Waals surface area contributed by atoms with Gasteiger partial charge < -0.3 is 4.42 Å². The third-order valence-electron chi connectivity index (χ3n) is 4.44. The minimum atomic E-state index is 0.0968. The number of nitrogens with zero attached hydrogens (tertiary/aromatic N) is 7. The lowest BCUT2D eigenvalue weighted by Gasteiger charge is -2.18. The van der Waals surface area contributed by atoms with E-state index in [1.165, 1.54) is 5.56 Å². The summed E-state index contributed by atoms with van der Waals surface area (Å²) in [6.07, 6.45) is 1.85. The smallest absolute Gasteiger partial charge is 0.270 e. The maximum Gasteiger partial charge on any atom is 0.270 e. The first-order valence-electron chi connectivity index (χ1n) is 8.70. The number of rotatable bonds is 3. The number of hydrogen-bond donors (Lipinski definition) is 0. The summed E-state index contributed by atoms with van der Waals surface area (Å²) >= 11 is 0. The number of aromatic nitrogens is 7. The fraction of sp³-hybridized carbons (Fsp3) is 0.316. The zero-order valence-corrected chi connectivity index (χ0v) is 16.0. The van der Waals surface area contributed by atoms with Gasteiger partial charge in [-0.2, -0.15) is 9.78 Å². The van der Waals surface area contributed by atoms with Crippen LogP contribution in [0.2, 0.25) is 0 Å². The van der Waals surface area contributed by atoms with Gasteiger partial charge in [-0.25, -0.2) is 0 Å². The van der Waals surface area contributed by atoms with Crippen LogP contribution >= 0.6 is 0 Å². The molecule has 27 heavy (non-hydrogen) atoms. The molecule has 0 bridgehead atoms. The first-order chi connectivity index (χ1) is 12.8. The lowest BCUT2D eigenvalue weighted by Crippen LogP contribution is -2.10. The summed E-state index contributed by atoms with van der Waals surface area (Å²) in [6, 6.07) is 10.0. The molecular formula is C19H21N7O. The highest BCUT2D eigenvalue weighted by Crippen LogP contribution is 2.28. The molecule has 0 saturated carbocycles. The van der Waals surface area contributed by atoms with Gasteiger partial charge in [-0.1, -0.05) is 38.1 Å². The van der Waals surface area contributed by atoms with E-state index in [2.05, 4.69) is 58.5 Å². The van der Waals surface area contributed by atoms with Crippen molar-refractivity contribution in [3.63, 3.8) is 0 Å². The van der Waals surface area contributed by atoms with E-state index in [1.54, 1.807) is 9.36 Å². The fourth-order valence-electron chi connectivity index (χ4n) is 2.81. The Morgan fingerprint density at radius 2 is 1.63 bits per heavy atom. The molecule has 0 aliphatic rings. The van der Waals surface area contributed by atoms with Crippen molar-refractivity contribution in [1.29, 1.82) is 0 Å². The molecule has 0 unspecified atom stereocenters. The molecule has 0 saturated heterocycles. The number of benzene rings is 1. The Balaban J connectivity index is 1.64. The molecule has 8 heteroatoms. The first kappa shape index (κ1) is 17.1. The maximum absolute atomic E-state index is 5.85. The SMILES string of the molecule is Cc1c(-c2nnc(-c3ccc(C(C)(C)C)cc3)o2)nnn1-c1ccn(C)n1. The van der Waals surface area contributed by atoms with Gasteiger partial charge in [-0.15, -0.1) is 15.3 Å². The van der Waals surface area contributed by atoms with Crippen LogP contribution in [-0.2, 0) is 12.5 Å².